The molecule has 1 fully saturated rings. The van der Waals surface area contributed by atoms with Crippen molar-refractivity contribution in [1.82, 2.24) is 9.88 Å². The number of anilines is 1. The molecule has 24 heavy (non-hydrogen) atoms. The minimum Gasteiger partial charge on any atom is -0.379 e. The Hall–Kier alpha value is -2.31. The minimum atomic E-state index is -0.400. The number of hydrogen-bond donors (Lipinski definition) is 1. The Labute approximate surface area is 140 Å². The molecule has 1 aromatic carbocycles. The maximum absolute atomic E-state index is 12.8. The van der Waals surface area contributed by atoms with E-state index >= 15 is 0 Å². The van der Waals surface area contributed by atoms with Crippen molar-refractivity contribution in [2.24, 2.45) is 0 Å². The molecular weight excluding hydrogens is 309 g/mol. The molecule has 1 N–H and O–H groups in total. The molecule has 0 radical (unpaired) electrons. The molecule has 1 saturated heterocycles. The number of aromatic nitrogens is 1. The van der Waals surface area contributed by atoms with Gasteiger partial charge in [-0.15, -0.1) is 0 Å². The highest BCUT2D eigenvalue weighted by Gasteiger charge is 2.11. The van der Waals surface area contributed by atoms with Crippen LogP contribution in [0.5, 0.6) is 0 Å². The second kappa shape index (κ2) is 7.99. The third-order valence-electron chi connectivity index (χ3n) is 3.94. The summed E-state index contributed by atoms with van der Waals surface area (Å²) in [5, 5.41) is 2.90. The number of pyridine rings is 1. The first kappa shape index (κ1) is 16.5. The molecule has 3 rings (SSSR count). The first-order chi connectivity index (χ1) is 11.7. The topological polar surface area (TPSA) is 54.5 Å². The van der Waals surface area contributed by atoms with Crippen LogP contribution in [-0.4, -0.2) is 48.5 Å². The molecule has 0 aliphatic carbocycles. The molecule has 0 bridgehead atoms. The van der Waals surface area contributed by atoms with E-state index in [0.717, 1.165) is 39.0 Å². The summed E-state index contributed by atoms with van der Waals surface area (Å²) in [6, 6.07) is 10.5. The number of ether oxygens (including phenoxy) is 1. The van der Waals surface area contributed by atoms with Crippen LogP contribution in [0, 0.1) is 5.82 Å². The highest BCUT2D eigenvalue weighted by molar-refractivity contribution is 5.98. The van der Waals surface area contributed by atoms with E-state index in [1.807, 2.05) is 24.3 Å². The van der Waals surface area contributed by atoms with E-state index in [9.17, 15) is 9.18 Å². The fourth-order valence-electron chi connectivity index (χ4n) is 2.57. The van der Waals surface area contributed by atoms with E-state index in [-0.39, 0.29) is 12.3 Å². The van der Waals surface area contributed by atoms with E-state index in [1.54, 1.807) is 0 Å². The fourth-order valence-corrected chi connectivity index (χ4v) is 2.57. The zero-order chi connectivity index (χ0) is 16.8. The van der Waals surface area contributed by atoms with Crippen molar-refractivity contribution in [2.45, 2.75) is 6.54 Å². The lowest BCUT2D eigenvalue weighted by molar-refractivity contribution is 0.0342. The van der Waals surface area contributed by atoms with Crippen LogP contribution < -0.4 is 5.32 Å². The van der Waals surface area contributed by atoms with Crippen molar-refractivity contribution in [2.75, 3.05) is 38.2 Å². The third-order valence-corrected chi connectivity index (χ3v) is 3.94. The van der Waals surface area contributed by atoms with E-state index in [4.69, 9.17) is 4.74 Å². The van der Waals surface area contributed by atoms with E-state index in [0.29, 0.717) is 11.4 Å². The van der Waals surface area contributed by atoms with Gasteiger partial charge in [-0.25, -0.2) is 9.37 Å². The molecule has 0 amide bonds. The molecule has 5 nitrogen and oxygen atoms in total. The Bertz CT molecular complexity index is 668. The van der Waals surface area contributed by atoms with E-state index in [2.05, 4.69) is 15.2 Å². The summed E-state index contributed by atoms with van der Waals surface area (Å²) in [6.07, 6.45) is 1.12. The van der Waals surface area contributed by atoms with Crippen molar-refractivity contribution < 1.29 is 13.9 Å². The van der Waals surface area contributed by atoms with Gasteiger partial charge in [-0.2, -0.15) is 0 Å². The molecule has 126 valence electrons. The van der Waals surface area contributed by atoms with Crippen LogP contribution in [0.2, 0.25) is 0 Å². The van der Waals surface area contributed by atoms with Gasteiger partial charge in [0, 0.05) is 25.2 Å². The van der Waals surface area contributed by atoms with Crippen LogP contribution in [0.25, 0.3) is 0 Å². The Morgan fingerprint density at radius 2 is 1.92 bits per heavy atom. The summed E-state index contributed by atoms with van der Waals surface area (Å²) >= 11 is 0. The van der Waals surface area contributed by atoms with Gasteiger partial charge in [0.1, 0.15) is 11.6 Å². The van der Waals surface area contributed by atoms with Crippen molar-refractivity contribution in [3.8, 4) is 0 Å². The number of benzene rings is 1. The fraction of sp³-hybridized carbons (Fsp3) is 0.333. The predicted octanol–water partition coefficient (Wildman–Crippen LogP) is 2.35. The number of rotatable bonds is 6. The lowest BCUT2D eigenvalue weighted by Crippen LogP contribution is -2.35. The van der Waals surface area contributed by atoms with Crippen molar-refractivity contribution in [3.05, 3.63) is 59.5 Å². The molecule has 6 heteroatoms. The van der Waals surface area contributed by atoms with Crippen LogP contribution in [0.1, 0.15) is 15.9 Å². The van der Waals surface area contributed by atoms with Crippen LogP contribution in [0.15, 0.2) is 42.6 Å². The molecule has 0 atom stereocenters. The highest BCUT2D eigenvalue weighted by atomic mass is 19.1. The van der Waals surface area contributed by atoms with Gasteiger partial charge in [-0.1, -0.05) is 24.3 Å². The largest absolute Gasteiger partial charge is 0.379 e. The normalized spacial score (nSPS) is 15.2. The van der Waals surface area contributed by atoms with Crippen molar-refractivity contribution >= 4 is 11.6 Å². The Balaban J connectivity index is 1.52. The zero-order valence-electron chi connectivity index (χ0n) is 13.4. The summed E-state index contributed by atoms with van der Waals surface area (Å²) in [5.74, 6) is 0.0514. The van der Waals surface area contributed by atoms with Crippen LogP contribution in [0.4, 0.5) is 10.2 Å². The monoisotopic (exact) mass is 329 g/mol. The number of nitrogens with one attached hydrogen (secondary N) is 1. The van der Waals surface area contributed by atoms with Crippen LogP contribution in [0.3, 0.4) is 0 Å². The molecule has 2 heterocycles. The van der Waals surface area contributed by atoms with E-state index in [1.165, 1.54) is 17.7 Å². The average molecular weight is 329 g/mol. The smallest absolute Gasteiger partial charge is 0.181 e. The Kier molecular flexibility index (Phi) is 5.51. The standard InChI is InChI=1S/C18H20FN3O2/c19-16-5-6-18(20-11-16)21-12-17(23)15-3-1-14(2-4-15)13-22-7-9-24-10-8-22/h1-6,11H,7-10,12-13H2,(H,20,21). The second-order valence-corrected chi connectivity index (χ2v) is 5.72. The molecule has 1 aliphatic rings. The van der Waals surface area contributed by atoms with Gasteiger partial charge in [-0.05, 0) is 17.7 Å². The van der Waals surface area contributed by atoms with Gasteiger partial charge in [0.2, 0.25) is 0 Å². The summed E-state index contributed by atoms with van der Waals surface area (Å²) in [7, 11) is 0. The number of hydrogen-bond acceptors (Lipinski definition) is 5. The number of carbonyl (C=O) groups excluding carboxylic acids is 1. The van der Waals surface area contributed by atoms with Crippen LogP contribution in [-0.2, 0) is 11.3 Å². The molecule has 1 aliphatic heterocycles. The summed E-state index contributed by atoms with van der Waals surface area (Å²) in [4.78, 5) is 18.4. The van der Waals surface area contributed by atoms with Gasteiger partial charge in [0.05, 0.1) is 26.0 Å². The van der Waals surface area contributed by atoms with Crippen molar-refractivity contribution in [1.29, 1.82) is 0 Å². The molecule has 0 saturated carbocycles. The SMILES string of the molecule is O=C(CNc1ccc(F)cn1)c1ccc(CN2CCOCC2)cc1. The molecule has 1 aromatic heterocycles. The average Bonchev–Trinajstić information content (AvgIpc) is 2.62. The Morgan fingerprint density at radius 3 is 2.58 bits per heavy atom. The highest BCUT2D eigenvalue weighted by Crippen LogP contribution is 2.10. The number of carbonyl (C=O) groups is 1. The molecular formula is C18H20FN3O2. The molecule has 2 aromatic rings. The summed E-state index contributed by atoms with van der Waals surface area (Å²) in [5.41, 5.74) is 1.83. The lowest BCUT2D eigenvalue weighted by atomic mass is 10.1. The quantitative estimate of drug-likeness (QED) is 0.825. The predicted molar refractivity (Wildman–Crippen MR) is 89.6 cm³/mol. The van der Waals surface area contributed by atoms with E-state index < -0.39 is 5.82 Å². The first-order valence-electron chi connectivity index (χ1n) is 7.98. The van der Waals surface area contributed by atoms with Gasteiger partial charge in [0.15, 0.2) is 5.78 Å². The zero-order valence-corrected chi connectivity index (χ0v) is 13.4. The summed E-state index contributed by atoms with van der Waals surface area (Å²) in [6.45, 7) is 4.43. The van der Waals surface area contributed by atoms with Gasteiger partial charge < -0.3 is 10.1 Å². The first-order valence-corrected chi connectivity index (χ1v) is 7.98. The number of halogens is 1. The number of ketones is 1. The van der Waals surface area contributed by atoms with Crippen LogP contribution >= 0.6 is 0 Å². The van der Waals surface area contributed by atoms with Crippen molar-refractivity contribution in [3.63, 3.8) is 0 Å². The maximum Gasteiger partial charge on any atom is 0.181 e. The number of nitrogens with zero attached hydrogens (tertiary/aromatic N) is 2. The molecule has 0 unspecified atom stereocenters. The number of morpholine rings is 1. The summed E-state index contributed by atoms with van der Waals surface area (Å²) < 4.78 is 18.1. The Morgan fingerprint density at radius 1 is 1.17 bits per heavy atom. The van der Waals surface area contributed by atoms with Gasteiger partial charge in [-0.3, -0.25) is 9.69 Å². The molecule has 0 spiro atoms. The van der Waals surface area contributed by atoms with Gasteiger partial charge >= 0.3 is 0 Å². The third kappa shape index (κ3) is 4.59. The maximum atomic E-state index is 12.8. The lowest BCUT2D eigenvalue weighted by Gasteiger charge is -2.26. The second-order valence-electron chi connectivity index (χ2n) is 5.72. The van der Waals surface area contributed by atoms with Gasteiger partial charge in [0.25, 0.3) is 0 Å². The number of Topliss-reactive ketones (excluding diaryl/α,β-unsaturated/α-hetero) is 1. The minimum absolute atomic E-state index is 0.0287.